The minimum atomic E-state index is -3.90. The highest BCUT2D eigenvalue weighted by Gasteiger charge is 2.34. The molecule has 3 amide bonds. The van der Waals surface area contributed by atoms with Gasteiger partial charge in [-0.25, -0.2) is 17.4 Å². The van der Waals surface area contributed by atoms with Crippen molar-refractivity contribution in [3.63, 3.8) is 0 Å². The molecule has 12 nitrogen and oxygen atoms in total. The molecule has 0 saturated carbocycles. The van der Waals surface area contributed by atoms with E-state index in [0.29, 0.717) is 66.9 Å². The number of benzene rings is 3. The first-order chi connectivity index (χ1) is 28.9. The molecule has 3 aliphatic heterocycles. The molecule has 0 unspecified atom stereocenters. The number of hydrogen-bond acceptors (Lipinski definition) is 8. The van der Waals surface area contributed by atoms with Crippen LogP contribution in [-0.2, 0) is 26.2 Å². The van der Waals surface area contributed by atoms with Gasteiger partial charge in [0.15, 0.2) is 0 Å². The molecule has 3 aromatic carbocycles. The van der Waals surface area contributed by atoms with Gasteiger partial charge in [0.25, 0.3) is 15.9 Å². The van der Waals surface area contributed by atoms with Gasteiger partial charge in [0.05, 0.1) is 27.5 Å². The lowest BCUT2D eigenvalue weighted by Gasteiger charge is -2.43. The summed E-state index contributed by atoms with van der Waals surface area (Å²) in [5.74, 6) is 0.272. The van der Waals surface area contributed by atoms with Gasteiger partial charge < -0.3 is 19.6 Å². The number of pyridine rings is 1. The predicted molar refractivity (Wildman–Crippen MR) is 234 cm³/mol. The molecule has 0 spiro atoms. The van der Waals surface area contributed by atoms with Crippen LogP contribution in [0.25, 0.3) is 33.4 Å². The van der Waals surface area contributed by atoms with Crippen molar-refractivity contribution in [3.05, 3.63) is 108 Å². The molecule has 0 atom stereocenters. The second-order valence-electron chi connectivity index (χ2n) is 16.8. The van der Waals surface area contributed by atoms with E-state index >= 15 is 0 Å². The zero-order chi connectivity index (χ0) is 42.1. The molecular weight excluding hydrogens is 775 g/mol. The number of piperazine rings is 1. The van der Waals surface area contributed by atoms with E-state index in [1.807, 2.05) is 107 Å². The van der Waals surface area contributed by atoms with Crippen molar-refractivity contribution in [2.45, 2.75) is 57.0 Å². The number of hydrogen-bond donors (Lipinski definition) is 0. The van der Waals surface area contributed by atoms with E-state index in [0.717, 1.165) is 73.9 Å². The third kappa shape index (κ3) is 8.35. The van der Waals surface area contributed by atoms with E-state index in [9.17, 15) is 22.8 Å². The number of likely N-dealkylation sites (tertiary alicyclic amines) is 2. The first kappa shape index (κ1) is 41.4. The Bertz CT molecular complexity index is 2480. The summed E-state index contributed by atoms with van der Waals surface area (Å²) >= 11 is 0. The molecule has 314 valence electrons. The fourth-order valence-corrected chi connectivity index (χ4v) is 10.9. The molecule has 13 heteroatoms. The van der Waals surface area contributed by atoms with Crippen molar-refractivity contribution < 1.29 is 22.8 Å². The smallest absolute Gasteiger partial charge is 0.268 e. The molecule has 0 radical (unpaired) electrons. The quantitative estimate of drug-likeness (QED) is 0.178. The number of fused-ring (bicyclic) bond motifs is 1. The average molecular weight is 830 g/mol. The summed E-state index contributed by atoms with van der Waals surface area (Å²) in [4.78, 5) is 55.0. The molecule has 2 aromatic heterocycles. The highest BCUT2D eigenvalue weighted by molar-refractivity contribution is 7.90. The van der Waals surface area contributed by atoms with Gasteiger partial charge in [-0.15, -0.1) is 0 Å². The molecule has 60 heavy (non-hydrogen) atoms. The van der Waals surface area contributed by atoms with Crippen molar-refractivity contribution in [1.29, 1.82) is 0 Å². The summed E-state index contributed by atoms with van der Waals surface area (Å²) in [6, 6.07) is 28.3. The highest BCUT2D eigenvalue weighted by atomic mass is 32.2. The molecule has 0 aliphatic carbocycles. The Labute approximate surface area is 353 Å². The Morgan fingerprint density at radius 1 is 0.700 bits per heavy atom. The monoisotopic (exact) mass is 829 g/mol. The van der Waals surface area contributed by atoms with Gasteiger partial charge in [0.1, 0.15) is 0 Å². The molecule has 5 aromatic rings. The lowest BCUT2D eigenvalue weighted by molar-refractivity contribution is -0.141. The van der Waals surface area contributed by atoms with Crippen molar-refractivity contribution in [2.24, 2.45) is 5.92 Å². The molecule has 0 N–H and O–H groups in total. The number of aromatic nitrogens is 2. The van der Waals surface area contributed by atoms with E-state index in [1.54, 1.807) is 31.2 Å². The van der Waals surface area contributed by atoms with Gasteiger partial charge in [0, 0.05) is 99.9 Å². The first-order valence-electron chi connectivity index (χ1n) is 21.1. The Morgan fingerprint density at radius 3 is 1.92 bits per heavy atom. The zero-order valence-corrected chi connectivity index (χ0v) is 35.9. The van der Waals surface area contributed by atoms with Crippen molar-refractivity contribution in [3.8, 4) is 22.5 Å². The van der Waals surface area contributed by atoms with Crippen molar-refractivity contribution in [1.82, 2.24) is 33.5 Å². The van der Waals surface area contributed by atoms with Crippen LogP contribution in [0.1, 0.15) is 54.2 Å². The maximum Gasteiger partial charge on any atom is 0.268 e. The summed E-state index contributed by atoms with van der Waals surface area (Å²) in [5.41, 5.74) is 5.73. The summed E-state index contributed by atoms with van der Waals surface area (Å²) in [7, 11) is -0.0466. The van der Waals surface area contributed by atoms with Gasteiger partial charge in [-0.1, -0.05) is 54.6 Å². The van der Waals surface area contributed by atoms with Gasteiger partial charge >= 0.3 is 0 Å². The topological polar surface area (TPSA) is 119 Å². The zero-order valence-electron chi connectivity index (χ0n) is 35.1. The number of rotatable bonds is 9. The Balaban J connectivity index is 1.01. The van der Waals surface area contributed by atoms with Crippen LogP contribution in [0.3, 0.4) is 0 Å². The normalized spacial score (nSPS) is 17.4. The number of carbonyl (C=O) groups excluding carboxylic acids is 3. The number of piperidine rings is 2. The SMILES string of the molecule is CC(=O)N1CCC(C(=O)N2CCC(N3CCN(C(=O)c4cc(-c5ccccc5)nc(-c5ccc6c(c5)c(C)c(CN(C)C)n6S(=O)(=O)c5ccccc5)c4)CC3)CC2)CC1. The van der Waals surface area contributed by atoms with Crippen LogP contribution in [0.15, 0.2) is 95.9 Å². The van der Waals surface area contributed by atoms with Gasteiger partial charge in [-0.2, -0.15) is 0 Å². The summed E-state index contributed by atoms with van der Waals surface area (Å²) < 4.78 is 29.8. The second kappa shape index (κ2) is 17.3. The van der Waals surface area contributed by atoms with E-state index in [4.69, 9.17) is 4.98 Å². The fraction of sp³-hybridized carbons (Fsp3) is 0.404. The maximum atomic E-state index is 14.4. The minimum Gasteiger partial charge on any atom is -0.343 e. The second-order valence-corrected chi connectivity index (χ2v) is 18.6. The first-order valence-corrected chi connectivity index (χ1v) is 22.6. The van der Waals surface area contributed by atoms with Crippen LogP contribution in [-0.4, -0.2) is 132 Å². The number of carbonyl (C=O) groups is 3. The molecule has 3 saturated heterocycles. The average Bonchev–Trinajstić information content (AvgIpc) is 3.56. The number of aryl methyl sites for hydroxylation is 1. The minimum absolute atomic E-state index is 0.00140. The van der Waals surface area contributed by atoms with E-state index in [1.165, 1.54) is 3.97 Å². The summed E-state index contributed by atoms with van der Waals surface area (Å²) in [6.07, 6.45) is 3.32. The van der Waals surface area contributed by atoms with Gasteiger partial charge in [0.2, 0.25) is 11.8 Å². The number of amides is 3. The third-order valence-corrected chi connectivity index (χ3v) is 14.4. The maximum absolute atomic E-state index is 14.4. The van der Waals surface area contributed by atoms with Crippen LogP contribution >= 0.6 is 0 Å². The van der Waals surface area contributed by atoms with Crippen molar-refractivity contribution >= 4 is 38.6 Å². The number of nitrogens with zero attached hydrogens (tertiary/aromatic N) is 7. The fourth-order valence-electron chi connectivity index (χ4n) is 9.26. The Hall–Kier alpha value is -5.37. The predicted octanol–water partition coefficient (Wildman–Crippen LogP) is 5.98. The van der Waals surface area contributed by atoms with E-state index < -0.39 is 10.0 Å². The lowest BCUT2D eigenvalue weighted by atomic mass is 9.93. The van der Waals surface area contributed by atoms with Crippen LogP contribution in [0, 0.1) is 12.8 Å². The molecule has 8 rings (SSSR count). The lowest BCUT2D eigenvalue weighted by Crippen LogP contribution is -2.55. The largest absolute Gasteiger partial charge is 0.343 e. The molecule has 5 heterocycles. The highest BCUT2D eigenvalue weighted by Crippen LogP contribution is 2.35. The molecule has 0 bridgehead atoms. The Morgan fingerprint density at radius 2 is 1.30 bits per heavy atom. The van der Waals surface area contributed by atoms with E-state index in [-0.39, 0.29) is 28.5 Å². The van der Waals surface area contributed by atoms with E-state index in [2.05, 4.69) is 4.90 Å². The van der Waals surface area contributed by atoms with Crippen LogP contribution < -0.4 is 0 Å². The van der Waals surface area contributed by atoms with Crippen LogP contribution in [0.5, 0.6) is 0 Å². The van der Waals surface area contributed by atoms with Crippen molar-refractivity contribution in [2.75, 3.05) is 66.5 Å². The molecule has 3 aliphatic rings. The third-order valence-electron chi connectivity index (χ3n) is 12.7. The summed E-state index contributed by atoms with van der Waals surface area (Å²) in [5, 5.41) is 0.810. The van der Waals surface area contributed by atoms with Gasteiger partial charge in [-0.3, -0.25) is 19.3 Å². The molecule has 3 fully saturated rings. The van der Waals surface area contributed by atoms with Gasteiger partial charge in [-0.05, 0) is 88.7 Å². The molecular formula is C47H55N7O5S. The van der Waals surface area contributed by atoms with Crippen LogP contribution in [0.2, 0.25) is 0 Å². The van der Waals surface area contributed by atoms with Crippen LogP contribution in [0.4, 0.5) is 0 Å². The Kier molecular flexibility index (Phi) is 11.9. The standard InChI is InChI=1S/C47H55N7O5S/c1-33-41-29-37(15-16-44(41)54(45(33)32-49(3)4)60(58,59)40-13-9-6-10-14-40)43-31-38(30-42(48-43)35-11-7-5-8-12-35)47(57)53-27-25-51(26-28-53)39-19-23-52(24-20-39)46(56)36-17-21-50(22-18-36)34(2)55/h5-16,29-31,36,39H,17-28,32H2,1-4H3. The summed E-state index contributed by atoms with van der Waals surface area (Å²) in [6.45, 7) is 9.54.